The van der Waals surface area contributed by atoms with E-state index in [9.17, 15) is 9.18 Å². The standard InChI is InChI=1S/C14H18BrFN2O/c15-10-8-9(6-7-11(10)16)14(19)18-13-5-3-1-2-4-12(13)17/h6-8,12-13H,1-5,17H2,(H,18,19). The van der Waals surface area contributed by atoms with Gasteiger partial charge in [0.2, 0.25) is 0 Å². The summed E-state index contributed by atoms with van der Waals surface area (Å²) in [6.07, 6.45) is 5.23. The van der Waals surface area contributed by atoms with E-state index < -0.39 is 0 Å². The summed E-state index contributed by atoms with van der Waals surface area (Å²) in [4.78, 5) is 12.1. The van der Waals surface area contributed by atoms with Gasteiger partial charge in [-0.05, 0) is 47.0 Å². The lowest BCUT2D eigenvalue weighted by Crippen LogP contribution is -2.46. The summed E-state index contributed by atoms with van der Waals surface area (Å²) >= 11 is 3.08. The zero-order valence-electron chi connectivity index (χ0n) is 10.7. The molecule has 2 unspecified atom stereocenters. The van der Waals surface area contributed by atoms with Crippen LogP contribution in [-0.2, 0) is 0 Å². The molecule has 2 atom stereocenters. The Morgan fingerprint density at radius 1 is 1.32 bits per heavy atom. The quantitative estimate of drug-likeness (QED) is 0.820. The lowest BCUT2D eigenvalue weighted by Gasteiger charge is -2.22. The van der Waals surface area contributed by atoms with Crippen LogP contribution < -0.4 is 11.1 Å². The molecule has 0 spiro atoms. The Morgan fingerprint density at radius 3 is 2.79 bits per heavy atom. The third-order valence-corrected chi connectivity index (χ3v) is 4.18. The molecule has 1 saturated carbocycles. The van der Waals surface area contributed by atoms with Gasteiger partial charge in [0.1, 0.15) is 5.82 Å². The fourth-order valence-corrected chi connectivity index (χ4v) is 2.78. The van der Waals surface area contributed by atoms with Crippen molar-refractivity contribution < 1.29 is 9.18 Å². The van der Waals surface area contributed by atoms with Crippen LogP contribution in [0.25, 0.3) is 0 Å². The summed E-state index contributed by atoms with van der Waals surface area (Å²) in [5.74, 6) is -0.564. The molecule has 1 amide bonds. The van der Waals surface area contributed by atoms with Crippen molar-refractivity contribution in [1.29, 1.82) is 0 Å². The Balaban J connectivity index is 2.05. The second kappa shape index (κ2) is 6.48. The molecule has 3 N–H and O–H groups in total. The SMILES string of the molecule is NC1CCCCCC1NC(=O)c1ccc(F)c(Br)c1. The van der Waals surface area contributed by atoms with Crippen molar-refractivity contribution in [3.8, 4) is 0 Å². The third kappa shape index (κ3) is 3.76. The number of nitrogens with one attached hydrogen (secondary N) is 1. The molecule has 0 aliphatic heterocycles. The Hall–Kier alpha value is -0.940. The van der Waals surface area contributed by atoms with E-state index >= 15 is 0 Å². The Morgan fingerprint density at radius 2 is 2.05 bits per heavy atom. The van der Waals surface area contributed by atoms with Crippen molar-refractivity contribution >= 4 is 21.8 Å². The second-order valence-corrected chi connectivity index (χ2v) is 5.87. The van der Waals surface area contributed by atoms with Gasteiger partial charge >= 0.3 is 0 Å². The van der Waals surface area contributed by atoms with Gasteiger partial charge in [0.15, 0.2) is 0 Å². The zero-order chi connectivity index (χ0) is 13.8. The van der Waals surface area contributed by atoms with E-state index in [0.29, 0.717) is 10.0 Å². The highest BCUT2D eigenvalue weighted by Crippen LogP contribution is 2.19. The number of carbonyl (C=O) groups excluding carboxylic acids is 1. The topological polar surface area (TPSA) is 55.1 Å². The first-order valence-electron chi connectivity index (χ1n) is 6.59. The average molecular weight is 329 g/mol. The first-order valence-corrected chi connectivity index (χ1v) is 7.38. The van der Waals surface area contributed by atoms with E-state index in [1.807, 2.05) is 0 Å². The van der Waals surface area contributed by atoms with Crippen LogP contribution in [0.4, 0.5) is 4.39 Å². The van der Waals surface area contributed by atoms with E-state index in [4.69, 9.17) is 5.73 Å². The summed E-state index contributed by atoms with van der Waals surface area (Å²) < 4.78 is 13.4. The summed E-state index contributed by atoms with van der Waals surface area (Å²) in [6.45, 7) is 0. The average Bonchev–Trinajstić information content (AvgIpc) is 2.58. The Bertz CT molecular complexity index is 467. The largest absolute Gasteiger partial charge is 0.348 e. The van der Waals surface area contributed by atoms with Crippen LogP contribution in [-0.4, -0.2) is 18.0 Å². The van der Waals surface area contributed by atoms with Crippen molar-refractivity contribution in [1.82, 2.24) is 5.32 Å². The lowest BCUT2D eigenvalue weighted by atomic mass is 10.0. The monoisotopic (exact) mass is 328 g/mol. The highest BCUT2D eigenvalue weighted by Gasteiger charge is 2.22. The predicted octanol–water partition coefficient (Wildman–Crippen LogP) is 2.98. The van der Waals surface area contributed by atoms with E-state index in [-0.39, 0.29) is 23.8 Å². The first kappa shape index (κ1) is 14.5. The summed E-state index contributed by atoms with van der Waals surface area (Å²) in [7, 11) is 0. The maximum Gasteiger partial charge on any atom is 0.251 e. The van der Waals surface area contributed by atoms with Crippen molar-refractivity contribution in [3.05, 3.63) is 34.1 Å². The van der Waals surface area contributed by atoms with Gasteiger partial charge in [-0.1, -0.05) is 19.3 Å². The smallest absolute Gasteiger partial charge is 0.251 e. The maximum atomic E-state index is 13.1. The van der Waals surface area contributed by atoms with Gasteiger partial charge in [-0.2, -0.15) is 0 Å². The van der Waals surface area contributed by atoms with Crippen molar-refractivity contribution in [2.75, 3.05) is 0 Å². The molecule has 1 fully saturated rings. The van der Waals surface area contributed by atoms with Gasteiger partial charge in [0, 0.05) is 17.6 Å². The molecule has 19 heavy (non-hydrogen) atoms. The minimum absolute atomic E-state index is 0.00957. The highest BCUT2D eigenvalue weighted by atomic mass is 79.9. The molecule has 5 heteroatoms. The molecule has 0 saturated heterocycles. The molecule has 1 aromatic rings. The number of amides is 1. The Kier molecular flexibility index (Phi) is 4.93. The highest BCUT2D eigenvalue weighted by molar-refractivity contribution is 9.10. The summed E-state index contributed by atoms with van der Waals surface area (Å²) in [5.41, 5.74) is 6.52. The van der Waals surface area contributed by atoms with E-state index in [1.165, 1.54) is 24.6 Å². The van der Waals surface area contributed by atoms with Gasteiger partial charge in [0.25, 0.3) is 5.91 Å². The number of halogens is 2. The fraction of sp³-hybridized carbons (Fsp3) is 0.500. The van der Waals surface area contributed by atoms with Gasteiger partial charge in [-0.25, -0.2) is 4.39 Å². The predicted molar refractivity (Wildman–Crippen MR) is 76.4 cm³/mol. The molecular weight excluding hydrogens is 311 g/mol. The van der Waals surface area contributed by atoms with E-state index in [2.05, 4.69) is 21.2 Å². The molecule has 3 nitrogen and oxygen atoms in total. The van der Waals surface area contributed by atoms with Gasteiger partial charge in [-0.3, -0.25) is 4.79 Å². The zero-order valence-corrected chi connectivity index (χ0v) is 12.2. The van der Waals surface area contributed by atoms with Gasteiger partial charge in [-0.15, -0.1) is 0 Å². The Labute approximate surface area is 120 Å². The third-order valence-electron chi connectivity index (χ3n) is 3.57. The molecule has 2 rings (SSSR count). The number of nitrogens with two attached hydrogens (primary N) is 1. The maximum absolute atomic E-state index is 13.1. The molecule has 0 aromatic heterocycles. The molecule has 0 bridgehead atoms. The molecule has 104 valence electrons. The molecular formula is C14H18BrFN2O. The first-order chi connectivity index (χ1) is 9.08. The molecule has 0 radical (unpaired) electrons. The summed E-state index contributed by atoms with van der Waals surface area (Å²) in [5, 5.41) is 2.96. The molecule has 1 aromatic carbocycles. The number of hydrogen-bond donors (Lipinski definition) is 2. The summed E-state index contributed by atoms with van der Waals surface area (Å²) in [6, 6.07) is 4.28. The second-order valence-electron chi connectivity index (χ2n) is 5.01. The van der Waals surface area contributed by atoms with E-state index in [0.717, 1.165) is 25.7 Å². The van der Waals surface area contributed by atoms with Gasteiger partial charge < -0.3 is 11.1 Å². The minimum Gasteiger partial charge on any atom is -0.348 e. The van der Waals surface area contributed by atoms with Crippen LogP contribution in [0.2, 0.25) is 0 Å². The number of rotatable bonds is 2. The number of hydrogen-bond acceptors (Lipinski definition) is 2. The van der Waals surface area contributed by atoms with Crippen LogP contribution in [0.1, 0.15) is 42.5 Å². The number of benzene rings is 1. The normalized spacial score (nSPS) is 23.7. The molecule has 0 heterocycles. The van der Waals surface area contributed by atoms with Crippen LogP contribution in [0.5, 0.6) is 0 Å². The van der Waals surface area contributed by atoms with Crippen molar-refractivity contribution in [2.24, 2.45) is 5.73 Å². The molecule has 1 aliphatic carbocycles. The fourth-order valence-electron chi connectivity index (χ4n) is 2.40. The van der Waals surface area contributed by atoms with Crippen LogP contribution in [0, 0.1) is 5.82 Å². The van der Waals surface area contributed by atoms with Crippen LogP contribution in [0.3, 0.4) is 0 Å². The van der Waals surface area contributed by atoms with E-state index in [1.54, 1.807) is 0 Å². The van der Waals surface area contributed by atoms with Crippen LogP contribution >= 0.6 is 15.9 Å². The number of carbonyl (C=O) groups is 1. The molecule has 1 aliphatic rings. The van der Waals surface area contributed by atoms with Gasteiger partial charge in [0.05, 0.1) is 4.47 Å². The lowest BCUT2D eigenvalue weighted by molar-refractivity contribution is 0.0928. The minimum atomic E-state index is -0.372. The van der Waals surface area contributed by atoms with Crippen LogP contribution in [0.15, 0.2) is 22.7 Å². The van der Waals surface area contributed by atoms with Crippen molar-refractivity contribution in [3.63, 3.8) is 0 Å². The van der Waals surface area contributed by atoms with Crippen molar-refractivity contribution in [2.45, 2.75) is 44.2 Å².